The van der Waals surface area contributed by atoms with Crippen LogP contribution in [-0.2, 0) is 9.47 Å². The zero-order chi connectivity index (χ0) is 13.7. The van der Waals surface area contributed by atoms with Crippen molar-refractivity contribution in [3.05, 3.63) is 0 Å². The molecule has 2 aliphatic heterocycles. The Morgan fingerprint density at radius 2 is 1.95 bits per heavy atom. The van der Waals surface area contributed by atoms with Crippen LogP contribution in [0.1, 0.15) is 39.5 Å². The fourth-order valence-corrected chi connectivity index (χ4v) is 3.17. The molecule has 2 fully saturated rings. The van der Waals surface area contributed by atoms with Gasteiger partial charge in [-0.1, -0.05) is 13.8 Å². The highest BCUT2D eigenvalue weighted by atomic mass is 16.5. The normalized spacial score (nSPS) is 28.7. The first-order chi connectivity index (χ1) is 9.11. The monoisotopic (exact) mass is 271 g/mol. The molecule has 2 aliphatic rings. The van der Waals surface area contributed by atoms with Crippen molar-refractivity contribution >= 4 is 0 Å². The minimum atomic E-state index is -0.248. The molecule has 19 heavy (non-hydrogen) atoms. The lowest BCUT2D eigenvalue weighted by atomic mass is 9.78. The third-order valence-electron chi connectivity index (χ3n) is 4.39. The number of nitrogens with one attached hydrogen (secondary N) is 1. The zero-order valence-corrected chi connectivity index (χ0v) is 12.4. The van der Waals surface area contributed by atoms with Crippen molar-refractivity contribution in [2.24, 2.45) is 11.8 Å². The molecule has 112 valence electrons. The van der Waals surface area contributed by atoms with E-state index in [1.54, 1.807) is 0 Å². The van der Waals surface area contributed by atoms with Crippen LogP contribution in [0.5, 0.6) is 0 Å². The van der Waals surface area contributed by atoms with Crippen LogP contribution in [0.2, 0.25) is 0 Å². The van der Waals surface area contributed by atoms with Crippen molar-refractivity contribution in [1.82, 2.24) is 5.32 Å². The Morgan fingerprint density at radius 3 is 2.63 bits per heavy atom. The summed E-state index contributed by atoms with van der Waals surface area (Å²) in [6.45, 7) is 8.43. The van der Waals surface area contributed by atoms with Gasteiger partial charge in [-0.05, 0) is 44.1 Å². The smallest absolute Gasteiger partial charge is 0.0730 e. The van der Waals surface area contributed by atoms with E-state index in [1.807, 2.05) is 0 Å². The highest BCUT2D eigenvalue weighted by Crippen LogP contribution is 2.38. The molecule has 0 aromatic rings. The van der Waals surface area contributed by atoms with E-state index in [1.165, 1.54) is 0 Å². The number of rotatable bonds is 5. The second-order valence-corrected chi connectivity index (χ2v) is 6.52. The summed E-state index contributed by atoms with van der Waals surface area (Å²) < 4.78 is 11.4. The van der Waals surface area contributed by atoms with E-state index in [9.17, 15) is 5.11 Å². The molecule has 0 aromatic carbocycles. The van der Waals surface area contributed by atoms with Crippen molar-refractivity contribution in [3.63, 3.8) is 0 Å². The molecule has 1 spiro atoms. The Hall–Kier alpha value is -0.160. The van der Waals surface area contributed by atoms with E-state index in [-0.39, 0.29) is 11.7 Å². The van der Waals surface area contributed by atoms with Gasteiger partial charge in [0.25, 0.3) is 0 Å². The second kappa shape index (κ2) is 7.02. The van der Waals surface area contributed by atoms with Crippen LogP contribution in [-0.4, -0.2) is 49.7 Å². The first-order valence-corrected chi connectivity index (χ1v) is 7.72. The largest absolute Gasteiger partial charge is 0.392 e. The number of aliphatic hydroxyl groups is 1. The molecule has 2 unspecified atom stereocenters. The standard InChI is InChI=1S/C15H29NO3/c1-12(2)10-16-11-14(17)13-3-6-19-15(9-13)4-7-18-8-5-15/h12-14,16-17H,3-11H2,1-2H3. The summed E-state index contributed by atoms with van der Waals surface area (Å²) in [5.74, 6) is 0.996. The maximum Gasteiger partial charge on any atom is 0.0730 e. The lowest BCUT2D eigenvalue weighted by Gasteiger charge is -2.44. The molecular formula is C15H29NO3. The second-order valence-electron chi connectivity index (χ2n) is 6.52. The fraction of sp³-hybridized carbons (Fsp3) is 1.00. The summed E-state index contributed by atoms with van der Waals surface area (Å²) in [6, 6.07) is 0. The molecule has 4 heteroatoms. The van der Waals surface area contributed by atoms with E-state index >= 15 is 0 Å². The van der Waals surface area contributed by atoms with Gasteiger partial charge in [0.2, 0.25) is 0 Å². The highest BCUT2D eigenvalue weighted by molar-refractivity contribution is 4.91. The maximum absolute atomic E-state index is 10.4. The van der Waals surface area contributed by atoms with Crippen LogP contribution in [0.15, 0.2) is 0 Å². The van der Waals surface area contributed by atoms with Crippen LogP contribution < -0.4 is 5.32 Å². The minimum absolute atomic E-state index is 0.0137. The topological polar surface area (TPSA) is 50.7 Å². The Labute approximate surface area is 116 Å². The average molecular weight is 271 g/mol. The molecule has 2 heterocycles. The SMILES string of the molecule is CC(C)CNCC(O)C1CCOC2(CCOCC2)C1. The highest BCUT2D eigenvalue weighted by Gasteiger charge is 2.40. The molecule has 0 bridgehead atoms. The minimum Gasteiger partial charge on any atom is -0.392 e. The molecule has 2 saturated heterocycles. The summed E-state index contributed by atoms with van der Waals surface area (Å²) in [5.41, 5.74) is -0.0137. The van der Waals surface area contributed by atoms with Crippen LogP contribution in [0, 0.1) is 11.8 Å². The van der Waals surface area contributed by atoms with Gasteiger partial charge in [-0.25, -0.2) is 0 Å². The molecule has 4 nitrogen and oxygen atoms in total. The molecule has 0 aliphatic carbocycles. The quantitative estimate of drug-likeness (QED) is 0.797. The first kappa shape index (κ1) is 15.2. The van der Waals surface area contributed by atoms with Gasteiger partial charge in [-0.3, -0.25) is 0 Å². The van der Waals surface area contributed by atoms with Gasteiger partial charge < -0.3 is 19.9 Å². The third-order valence-corrected chi connectivity index (χ3v) is 4.39. The Bertz CT molecular complexity index is 259. The molecular weight excluding hydrogens is 242 g/mol. The molecule has 0 amide bonds. The number of ether oxygens (including phenoxy) is 2. The number of hydrogen-bond donors (Lipinski definition) is 2. The molecule has 0 radical (unpaired) electrons. The summed E-state index contributed by atoms with van der Waals surface area (Å²) in [5, 5.41) is 13.7. The summed E-state index contributed by atoms with van der Waals surface area (Å²) in [7, 11) is 0. The van der Waals surface area contributed by atoms with Crippen LogP contribution in [0.4, 0.5) is 0 Å². The van der Waals surface area contributed by atoms with Gasteiger partial charge in [0.15, 0.2) is 0 Å². The summed E-state index contributed by atoms with van der Waals surface area (Å²) in [6.07, 6.45) is 3.68. The number of aliphatic hydroxyl groups excluding tert-OH is 1. The lowest BCUT2D eigenvalue weighted by molar-refractivity contribution is -0.158. The van der Waals surface area contributed by atoms with Gasteiger partial charge in [0, 0.05) is 26.4 Å². The van der Waals surface area contributed by atoms with Crippen molar-refractivity contribution < 1.29 is 14.6 Å². The maximum atomic E-state index is 10.4. The van der Waals surface area contributed by atoms with E-state index in [2.05, 4.69) is 19.2 Å². The van der Waals surface area contributed by atoms with E-state index < -0.39 is 0 Å². The predicted molar refractivity (Wildman–Crippen MR) is 75.2 cm³/mol. The van der Waals surface area contributed by atoms with Crippen LogP contribution >= 0.6 is 0 Å². The van der Waals surface area contributed by atoms with Gasteiger partial charge in [0.05, 0.1) is 11.7 Å². The fourth-order valence-electron chi connectivity index (χ4n) is 3.17. The van der Waals surface area contributed by atoms with E-state index in [4.69, 9.17) is 9.47 Å². The lowest BCUT2D eigenvalue weighted by Crippen LogP contribution is -2.48. The van der Waals surface area contributed by atoms with Crippen LogP contribution in [0.25, 0.3) is 0 Å². The Morgan fingerprint density at radius 1 is 1.21 bits per heavy atom. The Kier molecular flexibility index (Phi) is 5.63. The molecule has 2 rings (SSSR count). The van der Waals surface area contributed by atoms with Crippen molar-refractivity contribution in [3.8, 4) is 0 Å². The first-order valence-electron chi connectivity index (χ1n) is 7.72. The van der Waals surface area contributed by atoms with Gasteiger partial charge >= 0.3 is 0 Å². The molecule has 2 N–H and O–H groups in total. The van der Waals surface area contributed by atoms with Gasteiger partial charge in [0.1, 0.15) is 0 Å². The average Bonchev–Trinajstić information content (AvgIpc) is 2.39. The van der Waals surface area contributed by atoms with Crippen molar-refractivity contribution in [2.45, 2.75) is 51.2 Å². The predicted octanol–water partition coefficient (Wildman–Crippen LogP) is 1.57. The van der Waals surface area contributed by atoms with E-state index in [0.29, 0.717) is 18.4 Å². The molecule has 0 aromatic heterocycles. The summed E-state index contributed by atoms with van der Waals surface area (Å²) >= 11 is 0. The molecule has 2 atom stereocenters. The van der Waals surface area contributed by atoms with E-state index in [0.717, 1.165) is 52.0 Å². The van der Waals surface area contributed by atoms with Crippen molar-refractivity contribution in [2.75, 3.05) is 32.9 Å². The van der Waals surface area contributed by atoms with Crippen LogP contribution in [0.3, 0.4) is 0 Å². The number of hydrogen-bond acceptors (Lipinski definition) is 4. The van der Waals surface area contributed by atoms with Crippen molar-refractivity contribution in [1.29, 1.82) is 0 Å². The third kappa shape index (κ3) is 4.42. The molecule has 0 saturated carbocycles. The Balaban J connectivity index is 1.79. The van der Waals surface area contributed by atoms with Gasteiger partial charge in [-0.15, -0.1) is 0 Å². The van der Waals surface area contributed by atoms with Gasteiger partial charge in [-0.2, -0.15) is 0 Å². The zero-order valence-electron chi connectivity index (χ0n) is 12.4. The summed E-state index contributed by atoms with van der Waals surface area (Å²) in [4.78, 5) is 0.